The third-order valence-electron chi connectivity index (χ3n) is 1.44. The summed E-state index contributed by atoms with van der Waals surface area (Å²) in [5, 5.41) is 0. The van der Waals surface area contributed by atoms with Crippen LogP contribution >= 0.6 is 0 Å². The van der Waals surface area contributed by atoms with Crippen LogP contribution in [-0.2, 0) is 6.42 Å². The number of benzene rings is 1. The van der Waals surface area contributed by atoms with Gasteiger partial charge in [0.1, 0.15) is 11.6 Å². The molecule has 0 bridgehead atoms. The van der Waals surface area contributed by atoms with Crippen LogP contribution < -0.4 is 4.74 Å². The second-order valence-electron chi connectivity index (χ2n) is 2.42. The molecule has 0 aromatic heterocycles. The molecule has 0 aliphatic carbocycles. The highest BCUT2D eigenvalue weighted by molar-refractivity contribution is 5.29. The first kappa shape index (κ1) is 9.89. The van der Waals surface area contributed by atoms with Gasteiger partial charge >= 0.3 is 6.61 Å². The van der Waals surface area contributed by atoms with Crippen LogP contribution in [0.3, 0.4) is 0 Å². The lowest BCUT2D eigenvalue weighted by molar-refractivity contribution is -0.0500. The number of hydrogen-bond acceptors (Lipinski definition) is 1. The number of alkyl halides is 2. The van der Waals surface area contributed by atoms with Crippen LogP contribution in [-0.4, -0.2) is 6.61 Å². The fraction of sp³-hybridized carbons (Fsp3) is 0.222. The summed E-state index contributed by atoms with van der Waals surface area (Å²) in [4.78, 5) is 0. The van der Waals surface area contributed by atoms with E-state index in [0.29, 0.717) is 12.0 Å². The predicted octanol–water partition coefficient (Wildman–Crippen LogP) is 2.80. The topological polar surface area (TPSA) is 9.23 Å². The maximum absolute atomic E-state index is 12.7. The zero-order valence-corrected chi connectivity index (χ0v) is 6.77. The van der Waals surface area contributed by atoms with E-state index in [1.54, 1.807) is 0 Å². The van der Waals surface area contributed by atoms with Gasteiger partial charge in [-0.15, -0.1) is 0 Å². The molecule has 0 heterocycles. The summed E-state index contributed by atoms with van der Waals surface area (Å²) < 4.78 is 40.2. The lowest BCUT2D eigenvalue weighted by Gasteiger charge is -2.05. The molecule has 71 valence electrons. The normalized spacial score (nSPS) is 10.5. The highest BCUT2D eigenvalue weighted by atomic mass is 19.3. The first-order valence-corrected chi connectivity index (χ1v) is 3.65. The van der Waals surface area contributed by atoms with Crippen molar-refractivity contribution < 1.29 is 17.9 Å². The summed E-state index contributed by atoms with van der Waals surface area (Å²) in [6.45, 7) is 0.577. The molecule has 0 amide bonds. The fourth-order valence-corrected chi connectivity index (χ4v) is 0.936. The molecule has 1 radical (unpaired) electrons. The Morgan fingerprint density at radius 1 is 1.31 bits per heavy atom. The van der Waals surface area contributed by atoms with Crippen molar-refractivity contribution in [2.45, 2.75) is 13.0 Å². The number of rotatable bonds is 3. The first-order chi connectivity index (χ1) is 6.11. The van der Waals surface area contributed by atoms with Crippen LogP contribution in [0.15, 0.2) is 18.2 Å². The van der Waals surface area contributed by atoms with E-state index < -0.39 is 12.4 Å². The lowest BCUT2D eigenvalue weighted by Crippen LogP contribution is -2.02. The van der Waals surface area contributed by atoms with Crippen LogP contribution in [0.2, 0.25) is 0 Å². The molecule has 0 unspecified atom stereocenters. The molecule has 13 heavy (non-hydrogen) atoms. The second-order valence-corrected chi connectivity index (χ2v) is 2.42. The van der Waals surface area contributed by atoms with Crippen molar-refractivity contribution in [3.05, 3.63) is 36.5 Å². The number of ether oxygens (including phenoxy) is 1. The highest BCUT2D eigenvalue weighted by Crippen LogP contribution is 2.18. The van der Waals surface area contributed by atoms with Gasteiger partial charge in [0.15, 0.2) is 0 Å². The Hall–Kier alpha value is -1.19. The maximum Gasteiger partial charge on any atom is 0.387 e. The quantitative estimate of drug-likeness (QED) is 0.710. The SMILES string of the molecule is [CH2]Cc1cc(F)cc(OC(F)F)c1. The smallest absolute Gasteiger partial charge is 0.387 e. The molecule has 0 N–H and O–H groups in total. The highest BCUT2D eigenvalue weighted by Gasteiger charge is 2.06. The monoisotopic (exact) mass is 189 g/mol. The number of hydrogen-bond donors (Lipinski definition) is 0. The number of halogens is 3. The first-order valence-electron chi connectivity index (χ1n) is 3.65. The minimum atomic E-state index is -2.93. The van der Waals surface area contributed by atoms with Gasteiger partial charge in [-0.1, -0.05) is 0 Å². The Labute approximate surface area is 74.1 Å². The van der Waals surface area contributed by atoms with E-state index in [4.69, 9.17) is 0 Å². The van der Waals surface area contributed by atoms with E-state index in [9.17, 15) is 13.2 Å². The zero-order valence-electron chi connectivity index (χ0n) is 6.77. The van der Waals surface area contributed by atoms with Crippen molar-refractivity contribution in [3.63, 3.8) is 0 Å². The van der Waals surface area contributed by atoms with Crippen molar-refractivity contribution in [3.8, 4) is 5.75 Å². The Bertz CT molecular complexity index is 286. The lowest BCUT2D eigenvalue weighted by atomic mass is 10.1. The van der Waals surface area contributed by atoms with Gasteiger partial charge in [-0.25, -0.2) is 4.39 Å². The van der Waals surface area contributed by atoms with Gasteiger partial charge in [0.05, 0.1) is 0 Å². The van der Waals surface area contributed by atoms with Gasteiger partial charge in [0, 0.05) is 6.07 Å². The molecule has 0 spiro atoms. The molecule has 0 aliphatic rings. The maximum atomic E-state index is 12.7. The Balaban J connectivity index is 2.88. The molecule has 0 fully saturated rings. The van der Waals surface area contributed by atoms with E-state index >= 15 is 0 Å². The van der Waals surface area contributed by atoms with Crippen molar-refractivity contribution in [1.82, 2.24) is 0 Å². The van der Waals surface area contributed by atoms with E-state index in [2.05, 4.69) is 11.7 Å². The molecular weight excluding hydrogens is 181 g/mol. The summed E-state index contributed by atoms with van der Waals surface area (Å²) in [6, 6.07) is 3.47. The van der Waals surface area contributed by atoms with Gasteiger partial charge in [0.25, 0.3) is 0 Å². The van der Waals surface area contributed by atoms with Crippen molar-refractivity contribution in [2.24, 2.45) is 0 Å². The summed E-state index contributed by atoms with van der Waals surface area (Å²) in [5.41, 5.74) is 0.524. The fourth-order valence-electron chi connectivity index (χ4n) is 0.936. The summed E-state index contributed by atoms with van der Waals surface area (Å²) in [7, 11) is 0. The molecule has 1 nitrogen and oxygen atoms in total. The molecular formula is C9H8F3O. The van der Waals surface area contributed by atoms with Crippen LogP contribution in [0.25, 0.3) is 0 Å². The minimum absolute atomic E-state index is 0.173. The largest absolute Gasteiger partial charge is 0.435 e. The van der Waals surface area contributed by atoms with Crippen LogP contribution in [0, 0.1) is 12.7 Å². The predicted molar refractivity (Wildman–Crippen MR) is 42.1 cm³/mol. The van der Waals surface area contributed by atoms with Crippen LogP contribution in [0.5, 0.6) is 5.75 Å². The summed E-state index contributed by atoms with van der Waals surface area (Å²) >= 11 is 0. The molecule has 0 atom stereocenters. The molecule has 1 aromatic rings. The Morgan fingerprint density at radius 2 is 2.00 bits per heavy atom. The average molecular weight is 189 g/mol. The average Bonchev–Trinajstić information content (AvgIpc) is 2.01. The Kier molecular flexibility index (Phi) is 3.17. The van der Waals surface area contributed by atoms with Gasteiger partial charge in [-0.3, -0.25) is 0 Å². The van der Waals surface area contributed by atoms with Crippen LogP contribution in [0.1, 0.15) is 5.56 Å². The van der Waals surface area contributed by atoms with E-state index in [1.807, 2.05) is 0 Å². The van der Waals surface area contributed by atoms with Gasteiger partial charge in [-0.05, 0) is 31.0 Å². The Morgan fingerprint density at radius 3 is 2.54 bits per heavy atom. The minimum Gasteiger partial charge on any atom is -0.435 e. The molecule has 0 aliphatic heterocycles. The van der Waals surface area contributed by atoms with Gasteiger partial charge in [0.2, 0.25) is 0 Å². The van der Waals surface area contributed by atoms with Crippen molar-refractivity contribution in [1.29, 1.82) is 0 Å². The van der Waals surface area contributed by atoms with Gasteiger partial charge in [-0.2, -0.15) is 8.78 Å². The summed E-state index contributed by atoms with van der Waals surface area (Å²) in [5.74, 6) is -0.773. The molecule has 1 aromatic carbocycles. The van der Waals surface area contributed by atoms with E-state index in [1.165, 1.54) is 12.1 Å². The molecule has 4 heteroatoms. The summed E-state index contributed by atoms with van der Waals surface area (Å²) in [6.07, 6.45) is 0.331. The molecule has 0 saturated heterocycles. The zero-order chi connectivity index (χ0) is 9.84. The van der Waals surface area contributed by atoms with Crippen LogP contribution in [0.4, 0.5) is 13.2 Å². The van der Waals surface area contributed by atoms with E-state index in [-0.39, 0.29) is 5.75 Å². The van der Waals surface area contributed by atoms with E-state index in [0.717, 1.165) is 6.07 Å². The van der Waals surface area contributed by atoms with Crippen molar-refractivity contribution in [2.75, 3.05) is 0 Å². The third-order valence-corrected chi connectivity index (χ3v) is 1.44. The van der Waals surface area contributed by atoms with Crippen molar-refractivity contribution >= 4 is 0 Å². The standard InChI is InChI=1S/C9H8F3O/c1-2-6-3-7(10)5-8(4-6)13-9(11)12/h3-5,9H,1-2H2. The van der Waals surface area contributed by atoms with Gasteiger partial charge < -0.3 is 4.74 Å². The third kappa shape index (κ3) is 2.97. The second kappa shape index (κ2) is 4.16. The molecule has 0 saturated carbocycles. The molecule has 1 rings (SSSR count).